The minimum atomic E-state index is -3.64. The van der Waals surface area contributed by atoms with Crippen LogP contribution in [0.1, 0.15) is 17.1 Å². The Kier molecular flexibility index (Phi) is 5.64. The average Bonchev–Trinajstić information content (AvgIpc) is 3.15. The van der Waals surface area contributed by atoms with Crippen LogP contribution in [0.4, 0.5) is 4.79 Å². The Morgan fingerprint density at radius 2 is 2.12 bits per heavy atom. The van der Waals surface area contributed by atoms with Crippen LogP contribution in [0.25, 0.3) is 0 Å². The van der Waals surface area contributed by atoms with E-state index < -0.39 is 10.0 Å². The topological polar surface area (TPSA) is 87.5 Å². The number of nitrogens with zero attached hydrogens (tertiary/aromatic N) is 4. The first-order valence-corrected chi connectivity index (χ1v) is 10.7. The van der Waals surface area contributed by atoms with E-state index in [9.17, 15) is 13.2 Å². The van der Waals surface area contributed by atoms with Gasteiger partial charge in [0, 0.05) is 44.3 Å². The number of aromatic nitrogens is 2. The molecule has 1 N–H and O–H groups in total. The minimum Gasteiger partial charge on any atom is -0.337 e. The van der Waals surface area contributed by atoms with E-state index in [-0.39, 0.29) is 17.6 Å². The fourth-order valence-corrected chi connectivity index (χ4v) is 4.95. The predicted octanol–water partition coefficient (Wildman–Crippen LogP) is 1.40. The van der Waals surface area contributed by atoms with Crippen LogP contribution < -0.4 is 5.32 Å². The molecule has 2 aromatic heterocycles. The van der Waals surface area contributed by atoms with Gasteiger partial charge < -0.3 is 14.8 Å². The molecular formula is C16H23N5O3S2. The molecule has 10 heteroatoms. The van der Waals surface area contributed by atoms with Crippen LogP contribution in [0.5, 0.6) is 0 Å². The maximum Gasteiger partial charge on any atom is 0.317 e. The second-order valence-corrected chi connectivity index (χ2v) is 9.14. The molecule has 2 amide bonds. The van der Waals surface area contributed by atoms with Crippen molar-refractivity contribution in [2.24, 2.45) is 7.05 Å². The van der Waals surface area contributed by atoms with Gasteiger partial charge in [0.05, 0.1) is 6.54 Å². The molecule has 0 radical (unpaired) electrons. The zero-order valence-corrected chi connectivity index (χ0v) is 16.5. The number of sulfonamides is 1. The summed E-state index contributed by atoms with van der Waals surface area (Å²) >= 11 is 1.59. The molecule has 0 unspecified atom stereocenters. The molecule has 3 rings (SSSR count). The van der Waals surface area contributed by atoms with Gasteiger partial charge in [-0.3, -0.25) is 0 Å². The third-order valence-corrected chi connectivity index (χ3v) is 7.07. The van der Waals surface area contributed by atoms with E-state index in [0.717, 1.165) is 4.88 Å². The molecule has 0 bridgehead atoms. The van der Waals surface area contributed by atoms with E-state index in [0.29, 0.717) is 38.4 Å². The number of urea groups is 1. The highest BCUT2D eigenvalue weighted by Gasteiger charge is 2.30. The van der Waals surface area contributed by atoms with Gasteiger partial charge in [-0.05, 0) is 24.8 Å². The summed E-state index contributed by atoms with van der Waals surface area (Å²) in [5, 5.41) is 4.92. The van der Waals surface area contributed by atoms with Crippen molar-refractivity contribution in [3.05, 3.63) is 34.4 Å². The number of hydrogen-bond acceptors (Lipinski definition) is 5. The summed E-state index contributed by atoms with van der Waals surface area (Å²) in [5.41, 5.74) is 0. The Hall–Kier alpha value is -1.91. The van der Waals surface area contributed by atoms with Crippen molar-refractivity contribution in [2.75, 3.05) is 26.2 Å². The summed E-state index contributed by atoms with van der Waals surface area (Å²) in [4.78, 5) is 19.3. The number of nitrogens with one attached hydrogen (secondary N) is 1. The molecule has 1 aliphatic rings. The van der Waals surface area contributed by atoms with E-state index in [1.54, 1.807) is 34.8 Å². The summed E-state index contributed by atoms with van der Waals surface area (Å²) in [6.07, 6.45) is 2.12. The van der Waals surface area contributed by atoms with E-state index in [1.165, 1.54) is 10.5 Å². The zero-order valence-electron chi connectivity index (χ0n) is 14.9. The second-order valence-electron chi connectivity index (χ2n) is 6.22. The lowest BCUT2D eigenvalue weighted by molar-refractivity contribution is 0.200. The summed E-state index contributed by atoms with van der Waals surface area (Å²) in [6, 6.07) is 3.75. The zero-order chi connectivity index (χ0) is 18.7. The van der Waals surface area contributed by atoms with Gasteiger partial charge >= 0.3 is 6.03 Å². The number of rotatable bonds is 4. The van der Waals surface area contributed by atoms with Crippen LogP contribution in [0.2, 0.25) is 0 Å². The molecule has 1 fully saturated rings. The van der Waals surface area contributed by atoms with Crippen molar-refractivity contribution in [1.29, 1.82) is 0 Å². The highest BCUT2D eigenvalue weighted by molar-refractivity contribution is 7.89. The van der Waals surface area contributed by atoms with Crippen LogP contribution in [0.3, 0.4) is 0 Å². The molecule has 8 nitrogen and oxygen atoms in total. The molecule has 26 heavy (non-hydrogen) atoms. The summed E-state index contributed by atoms with van der Waals surface area (Å²) < 4.78 is 28.7. The van der Waals surface area contributed by atoms with Crippen LogP contribution in [-0.4, -0.2) is 59.4 Å². The first kappa shape index (κ1) is 18.9. The second kappa shape index (κ2) is 7.77. The average molecular weight is 398 g/mol. The van der Waals surface area contributed by atoms with Gasteiger partial charge in [0.25, 0.3) is 10.0 Å². The Morgan fingerprint density at radius 3 is 2.77 bits per heavy atom. The molecule has 0 saturated carbocycles. The number of amides is 2. The standard InChI is InChI=1S/C16H23N5O3S2/c1-13-18-15(12-19(13)2)26(23,24)21-7-4-6-20(8-9-21)16(22)17-11-14-5-3-10-25-14/h3,5,10,12H,4,6-9,11H2,1-2H3,(H,17,22). The van der Waals surface area contributed by atoms with Crippen LogP contribution in [0.15, 0.2) is 28.7 Å². The van der Waals surface area contributed by atoms with Crippen molar-refractivity contribution < 1.29 is 13.2 Å². The maximum atomic E-state index is 12.8. The Balaban J connectivity index is 1.61. The van der Waals surface area contributed by atoms with Gasteiger partial charge in [0.15, 0.2) is 5.03 Å². The smallest absolute Gasteiger partial charge is 0.317 e. The van der Waals surface area contributed by atoms with Crippen molar-refractivity contribution in [2.45, 2.75) is 24.9 Å². The predicted molar refractivity (Wildman–Crippen MR) is 99.4 cm³/mol. The highest BCUT2D eigenvalue weighted by Crippen LogP contribution is 2.17. The van der Waals surface area contributed by atoms with Crippen LogP contribution in [0, 0.1) is 6.92 Å². The van der Waals surface area contributed by atoms with Crippen molar-refractivity contribution in [1.82, 2.24) is 24.1 Å². The maximum absolute atomic E-state index is 12.8. The number of imidazole rings is 1. The minimum absolute atomic E-state index is 0.0631. The lowest BCUT2D eigenvalue weighted by Gasteiger charge is -2.21. The quantitative estimate of drug-likeness (QED) is 0.845. The van der Waals surface area contributed by atoms with Gasteiger partial charge in [-0.2, -0.15) is 4.31 Å². The van der Waals surface area contributed by atoms with E-state index >= 15 is 0 Å². The number of carbonyl (C=O) groups is 1. The summed E-state index contributed by atoms with van der Waals surface area (Å²) in [6.45, 7) is 3.80. The molecule has 0 spiro atoms. The summed E-state index contributed by atoms with van der Waals surface area (Å²) in [5.74, 6) is 0.646. The third-order valence-electron chi connectivity index (χ3n) is 4.43. The molecule has 2 aromatic rings. The van der Waals surface area contributed by atoms with Gasteiger partial charge in [-0.25, -0.2) is 18.2 Å². The van der Waals surface area contributed by atoms with Crippen LogP contribution >= 0.6 is 11.3 Å². The van der Waals surface area contributed by atoms with Gasteiger partial charge in [0.1, 0.15) is 5.82 Å². The van der Waals surface area contributed by atoms with Crippen LogP contribution in [-0.2, 0) is 23.6 Å². The first-order valence-electron chi connectivity index (χ1n) is 8.43. The fourth-order valence-electron chi connectivity index (χ4n) is 2.81. The molecule has 0 aliphatic carbocycles. The first-order chi connectivity index (χ1) is 12.4. The Labute approximate surface area is 157 Å². The van der Waals surface area contributed by atoms with Gasteiger partial charge in [0.2, 0.25) is 0 Å². The normalized spacial score (nSPS) is 16.5. The number of carbonyl (C=O) groups excluding carboxylic acids is 1. The van der Waals surface area contributed by atoms with Crippen molar-refractivity contribution >= 4 is 27.4 Å². The molecule has 1 aliphatic heterocycles. The van der Waals surface area contributed by atoms with Crippen molar-refractivity contribution in [3.63, 3.8) is 0 Å². The third kappa shape index (κ3) is 4.08. The van der Waals surface area contributed by atoms with Crippen molar-refractivity contribution in [3.8, 4) is 0 Å². The monoisotopic (exact) mass is 397 g/mol. The Bertz CT molecular complexity index is 841. The molecule has 1 saturated heterocycles. The highest BCUT2D eigenvalue weighted by atomic mass is 32.2. The van der Waals surface area contributed by atoms with Gasteiger partial charge in [-0.1, -0.05) is 6.07 Å². The number of thiophene rings is 1. The molecule has 3 heterocycles. The lowest BCUT2D eigenvalue weighted by atomic mass is 10.4. The SMILES string of the molecule is Cc1nc(S(=O)(=O)N2CCCN(C(=O)NCc3cccs3)CC2)cn1C. The number of hydrogen-bond donors (Lipinski definition) is 1. The molecule has 0 aromatic carbocycles. The van der Waals surface area contributed by atoms with E-state index in [1.807, 2.05) is 17.5 Å². The van der Waals surface area contributed by atoms with E-state index in [4.69, 9.17) is 0 Å². The lowest BCUT2D eigenvalue weighted by Crippen LogP contribution is -2.42. The van der Waals surface area contributed by atoms with Gasteiger partial charge in [-0.15, -0.1) is 11.3 Å². The van der Waals surface area contributed by atoms with E-state index in [2.05, 4.69) is 10.3 Å². The Morgan fingerprint density at radius 1 is 1.31 bits per heavy atom. The summed E-state index contributed by atoms with van der Waals surface area (Å²) in [7, 11) is -1.87. The molecule has 142 valence electrons. The fraction of sp³-hybridized carbons (Fsp3) is 0.500. The largest absolute Gasteiger partial charge is 0.337 e. The number of aryl methyl sites for hydroxylation is 2. The molecule has 0 atom stereocenters. The molecular weight excluding hydrogens is 374 g/mol.